The third kappa shape index (κ3) is 4.64. The van der Waals surface area contributed by atoms with Gasteiger partial charge >= 0.3 is 0 Å². The van der Waals surface area contributed by atoms with Crippen molar-refractivity contribution in [2.24, 2.45) is 0 Å². The number of phenols is 1. The van der Waals surface area contributed by atoms with Crippen molar-refractivity contribution in [2.75, 3.05) is 0 Å². The lowest BCUT2D eigenvalue weighted by molar-refractivity contribution is 0.473. The van der Waals surface area contributed by atoms with Crippen LogP contribution in [-0.4, -0.2) is 27.7 Å². The highest BCUT2D eigenvalue weighted by Gasteiger charge is 2.28. The van der Waals surface area contributed by atoms with E-state index < -0.39 is 8.07 Å². The number of rotatable bonds is 6. The van der Waals surface area contributed by atoms with Crippen LogP contribution in [0.5, 0.6) is 5.75 Å². The first kappa shape index (κ1) is 27.0. The molecule has 0 atom stereocenters. The molecule has 0 saturated carbocycles. The summed E-state index contributed by atoms with van der Waals surface area (Å²) in [6.45, 7) is 13.6. The van der Waals surface area contributed by atoms with E-state index in [0.29, 0.717) is 5.92 Å². The second kappa shape index (κ2) is 10.3. The van der Waals surface area contributed by atoms with Gasteiger partial charge in [-0.15, -0.1) is 0 Å². The minimum Gasteiger partial charge on any atom is -0.506 e. The molecular formula is C36H37N3OSi. The molecule has 1 N–H and O–H groups in total. The molecule has 206 valence electrons. The van der Waals surface area contributed by atoms with Crippen LogP contribution in [0.15, 0.2) is 97.2 Å². The van der Waals surface area contributed by atoms with Gasteiger partial charge in [0.25, 0.3) is 0 Å². The topological polar surface area (TPSA) is 50.9 Å². The maximum Gasteiger partial charge on any atom is 0.146 e. The number of nitrogens with zero attached hydrogens (tertiary/aromatic N) is 3. The molecule has 0 aliphatic carbocycles. The molecule has 3 heterocycles. The van der Waals surface area contributed by atoms with Crippen molar-refractivity contribution in [1.82, 2.24) is 14.5 Å². The summed E-state index contributed by atoms with van der Waals surface area (Å²) in [5.41, 5.74) is 7.25. The number of para-hydroxylation sites is 2. The average molecular weight is 556 g/mol. The molecule has 0 unspecified atom stereocenters. The Hall–Kier alpha value is -4.22. The number of aromatic nitrogens is 3. The van der Waals surface area contributed by atoms with Crippen LogP contribution in [-0.2, 0) is 0 Å². The molecule has 4 nitrogen and oxygen atoms in total. The molecule has 0 spiro atoms. The van der Waals surface area contributed by atoms with Crippen LogP contribution in [0, 0.1) is 0 Å². The van der Waals surface area contributed by atoms with Gasteiger partial charge in [-0.05, 0) is 65.4 Å². The summed E-state index contributed by atoms with van der Waals surface area (Å²) in [4.78, 5) is 10.2. The number of hydrogen-bond acceptors (Lipinski definition) is 3. The van der Waals surface area contributed by atoms with Gasteiger partial charge in [0.15, 0.2) is 0 Å². The molecule has 5 heteroatoms. The normalized spacial score (nSPS) is 12.2. The number of hydrogen-bond donors (Lipinski definition) is 1. The number of fused-ring (bicyclic) bond motifs is 3. The molecular weight excluding hydrogens is 519 g/mol. The summed E-state index contributed by atoms with van der Waals surface area (Å²) in [6.07, 6.45) is 1.89. The highest BCUT2D eigenvalue weighted by molar-refractivity contribution is 6.99. The van der Waals surface area contributed by atoms with Crippen LogP contribution in [0.2, 0.25) is 13.1 Å². The summed E-state index contributed by atoms with van der Waals surface area (Å²) in [5, 5.41) is 15.7. The molecule has 0 saturated heterocycles. The number of pyridine rings is 2. The summed E-state index contributed by atoms with van der Waals surface area (Å²) >= 11 is 0. The van der Waals surface area contributed by atoms with E-state index in [1.165, 1.54) is 21.6 Å². The second-order valence-electron chi connectivity index (χ2n) is 12.1. The van der Waals surface area contributed by atoms with Crippen molar-refractivity contribution < 1.29 is 5.11 Å². The Balaban J connectivity index is 1.65. The zero-order chi connectivity index (χ0) is 28.9. The van der Waals surface area contributed by atoms with E-state index in [0.717, 1.165) is 38.9 Å². The van der Waals surface area contributed by atoms with Gasteiger partial charge in [-0.1, -0.05) is 94.5 Å². The van der Waals surface area contributed by atoms with Gasteiger partial charge in [0, 0.05) is 27.8 Å². The Bertz CT molecular complexity index is 1890. The molecule has 3 aromatic heterocycles. The van der Waals surface area contributed by atoms with Gasteiger partial charge in [0.2, 0.25) is 0 Å². The quantitative estimate of drug-likeness (QED) is 0.212. The van der Waals surface area contributed by atoms with E-state index in [2.05, 4.69) is 106 Å². The predicted octanol–water partition coefficient (Wildman–Crippen LogP) is 8.02. The van der Waals surface area contributed by atoms with E-state index in [9.17, 15) is 5.11 Å². The van der Waals surface area contributed by atoms with Crippen molar-refractivity contribution in [3.05, 3.63) is 108 Å². The first-order chi connectivity index (χ1) is 19.7. The lowest BCUT2D eigenvalue weighted by Crippen LogP contribution is -2.54. The molecule has 0 aliphatic rings. The standard InChI is InChI=1S/C36H37N3OSi/c1-23(2)25-17-18-31-29(21-25)30-22-28(24(3)4)35(38-36(30)39(31)32-14-7-8-15-33(32)40)26-12-11-13-27(20-26)41(5,6)34-16-9-10-19-37-34/h7-24,40H,1-6H3. The van der Waals surface area contributed by atoms with E-state index in [1.807, 2.05) is 30.5 Å². The summed E-state index contributed by atoms with van der Waals surface area (Å²) in [5.74, 6) is 0.929. The summed E-state index contributed by atoms with van der Waals surface area (Å²) < 4.78 is 2.12. The number of phenolic OH excluding ortho intramolecular Hbond substituents is 1. The Morgan fingerprint density at radius 2 is 1.54 bits per heavy atom. The van der Waals surface area contributed by atoms with Crippen LogP contribution in [0.4, 0.5) is 0 Å². The number of benzene rings is 3. The van der Waals surface area contributed by atoms with Crippen molar-refractivity contribution >= 4 is 40.5 Å². The minimum absolute atomic E-state index is 0.237. The van der Waals surface area contributed by atoms with E-state index in [4.69, 9.17) is 9.97 Å². The zero-order valence-corrected chi connectivity index (χ0v) is 25.7. The lowest BCUT2D eigenvalue weighted by atomic mass is 9.95. The fourth-order valence-electron chi connectivity index (χ4n) is 5.83. The third-order valence-electron chi connectivity index (χ3n) is 8.37. The van der Waals surface area contributed by atoms with Crippen molar-refractivity contribution in [1.29, 1.82) is 0 Å². The van der Waals surface area contributed by atoms with Crippen molar-refractivity contribution in [2.45, 2.75) is 52.6 Å². The Kier molecular flexibility index (Phi) is 6.78. The van der Waals surface area contributed by atoms with Gasteiger partial charge in [0.05, 0.1) is 16.9 Å². The molecule has 0 radical (unpaired) electrons. The van der Waals surface area contributed by atoms with Gasteiger partial charge in [0.1, 0.15) is 19.5 Å². The SMILES string of the molecule is CC(C)c1ccc2c(c1)c1cc(C(C)C)c(-c3cccc([Si](C)(C)c4ccccn4)c3)nc1n2-c1ccccc1O. The van der Waals surface area contributed by atoms with Gasteiger partial charge in [-0.2, -0.15) is 0 Å². The molecule has 6 rings (SSSR count). The lowest BCUT2D eigenvalue weighted by Gasteiger charge is -2.23. The smallest absolute Gasteiger partial charge is 0.146 e. The van der Waals surface area contributed by atoms with Crippen LogP contribution < -0.4 is 10.5 Å². The van der Waals surface area contributed by atoms with Gasteiger partial charge in [-0.3, -0.25) is 9.55 Å². The second-order valence-corrected chi connectivity index (χ2v) is 16.5. The van der Waals surface area contributed by atoms with Crippen LogP contribution >= 0.6 is 0 Å². The average Bonchev–Trinajstić information content (AvgIpc) is 3.29. The molecule has 0 fully saturated rings. The van der Waals surface area contributed by atoms with Crippen molar-refractivity contribution in [3.8, 4) is 22.7 Å². The summed E-state index contributed by atoms with van der Waals surface area (Å²) in [7, 11) is -2.01. The molecule has 0 aliphatic heterocycles. The molecule has 0 amide bonds. The van der Waals surface area contributed by atoms with E-state index in [-0.39, 0.29) is 11.7 Å². The highest BCUT2D eigenvalue weighted by Crippen LogP contribution is 2.39. The Morgan fingerprint density at radius 3 is 2.24 bits per heavy atom. The fourth-order valence-corrected chi connectivity index (χ4v) is 8.06. The molecule has 41 heavy (non-hydrogen) atoms. The zero-order valence-electron chi connectivity index (χ0n) is 24.7. The highest BCUT2D eigenvalue weighted by atomic mass is 28.3. The molecule has 0 bridgehead atoms. The maximum atomic E-state index is 11.0. The van der Waals surface area contributed by atoms with Crippen molar-refractivity contribution in [3.63, 3.8) is 0 Å². The predicted molar refractivity (Wildman–Crippen MR) is 175 cm³/mol. The third-order valence-corrected chi connectivity index (χ3v) is 11.7. The monoisotopic (exact) mass is 555 g/mol. The fraction of sp³-hybridized carbons (Fsp3) is 0.222. The first-order valence-corrected chi connectivity index (χ1v) is 17.5. The van der Waals surface area contributed by atoms with Gasteiger partial charge in [-0.25, -0.2) is 4.98 Å². The summed E-state index contributed by atoms with van der Waals surface area (Å²) in [6, 6.07) is 31.6. The Morgan fingerprint density at radius 1 is 0.756 bits per heavy atom. The first-order valence-electron chi connectivity index (χ1n) is 14.5. The van der Waals surface area contributed by atoms with Crippen LogP contribution in [0.3, 0.4) is 0 Å². The van der Waals surface area contributed by atoms with Crippen LogP contribution in [0.25, 0.3) is 38.9 Å². The van der Waals surface area contributed by atoms with Gasteiger partial charge < -0.3 is 5.11 Å². The maximum absolute atomic E-state index is 11.0. The largest absolute Gasteiger partial charge is 0.506 e. The van der Waals surface area contributed by atoms with Crippen LogP contribution in [0.1, 0.15) is 50.7 Å². The number of aromatic hydroxyl groups is 1. The Labute approximate surface area is 243 Å². The minimum atomic E-state index is -2.01. The molecule has 6 aromatic rings. The molecule has 3 aromatic carbocycles. The van der Waals surface area contributed by atoms with E-state index >= 15 is 0 Å². The van der Waals surface area contributed by atoms with E-state index in [1.54, 1.807) is 6.07 Å².